The summed E-state index contributed by atoms with van der Waals surface area (Å²) in [5.74, 6) is 2.98. The van der Waals surface area contributed by atoms with Crippen LogP contribution in [-0.2, 0) is 11.2 Å². The third kappa shape index (κ3) is 3.46. The van der Waals surface area contributed by atoms with Crippen molar-refractivity contribution in [3.05, 3.63) is 11.9 Å². The van der Waals surface area contributed by atoms with Crippen molar-refractivity contribution >= 4 is 11.6 Å². The highest BCUT2D eigenvalue weighted by molar-refractivity contribution is 5.50. The van der Waals surface area contributed by atoms with Gasteiger partial charge in [-0.3, -0.25) is 0 Å². The highest BCUT2D eigenvalue weighted by Crippen LogP contribution is 2.29. The van der Waals surface area contributed by atoms with Crippen molar-refractivity contribution in [3.8, 4) is 0 Å². The molecule has 2 atom stereocenters. The van der Waals surface area contributed by atoms with Crippen molar-refractivity contribution in [2.24, 2.45) is 0 Å². The predicted molar refractivity (Wildman–Crippen MR) is 84.9 cm³/mol. The Hall–Kier alpha value is -1.36. The summed E-state index contributed by atoms with van der Waals surface area (Å²) in [4.78, 5) is 11.8. The molecule has 21 heavy (non-hydrogen) atoms. The monoisotopic (exact) mass is 290 g/mol. The summed E-state index contributed by atoms with van der Waals surface area (Å²) in [5, 5.41) is 3.40. The van der Waals surface area contributed by atoms with Crippen LogP contribution < -0.4 is 10.2 Å². The fourth-order valence-electron chi connectivity index (χ4n) is 3.13. The van der Waals surface area contributed by atoms with Gasteiger partial charge in [0.2, 0.25) is 0 Å². The van der Waals surface area contributed by atoms with Gasteiger partial charge in [-0.15, -0.1) is 0 Å². The van der Waals surface area contributed by atoms with Gasteiger partial charge in [-0.2, -0.15) is 0 Å². The Morgan fingerprint density at radius 2 is 1.95 bits per heavy atom. The van der Waals surface area contributed by atoms with E-state index in [1.807, 2.05) is 0 Å². The molecule has 1 aromatic rings. The van der Waals surface area contributed by atoms with Gasteiger partial charge in [0, 0.05) is 32.1 Å². The zero-order valence-electron chi connectivity index (χ0n) is 13.1. The molecule has 0 radical (unpaired) electrons. The minimum Gasteiger partial charge on any atom is -0.371 e. The SMILES string of the molecule is CCCNc1cc(N2CC3CCC(C2)O3)nc(CCC)n1. The molecule has 0 saturated carbocycles. The van der Waals surface area contributed by atoms with Gasteiger partial charge in [-0.1, -0.05) is 13.8 Å². The van der Waals surface area contributed by atoms with Gasteiger partial charge in [0.1, 0.15) is 17.5 Å². The lowest BCUT2D eigenvalue weighted by molar-refractivity contribution is 0.0302. The molecule has 0 spiro atoms. The van der Waals surface area contributed by atoms with Crippen LogP contribution in [0.2, 0.25) is 0 Å². The molecular formula is C16H26N4O. The first-order valence-corrected chi connectivity index (χ1v) is 8.30. The summed E-state index contributed by atoms with van der Waals surface area (Å²) in [7, 11) is 0. The molecule has 3 rings (SSSR count). The van der Waals surface area contributed by atoms with Crippen molar-refractivity contribution < 1.29 is 4.74 Å². The molecular weight excluding hydrogens is 264 g/mol. The minimum atomic E-state index is 0.389. The first-order valence-electron chi connectivity index (χ1n) is 8.30. The fourth-order valence-corrected chi connectivity index (χ4v) is 3.13. The van der Waals surface area contributed by atoms with Crippen LogP contribution in [0.5, 0.6) is 0 Å². The van der Waals surface area contributed by atoms with Crippen LogP contribution in [0.4, 0.5) is 11.6 Å². The molecule has 3 heterocycles. The molecule has 0 aliphatic carbocycles. The zero-order chi connectivity index (χ0) is 14.7. The molecule has 2 saturated heterocycles. The van der Waals surface area contributed by atoms with Crippen LogP contribution in [0.15, 0.2) is 6.07 Å². The van der Waals surface area contributed by atoms with E-state index in [9.17, 15) is 0 Å². The first-order chi connectivity index (χ1) is 10.3. The highest BCUT2D eigenvalue weighted by atomic mass is 16.5. The second-order valence-electron chi connectivity index (χ2n) is 6.07. The Morgan fingerprint density at radius 1 is 1.19 bits per heavy atom. The van der Waals surface area contributed by atoms with E-state index in [0.717, 1.165) is 56.4 Å². The maximum Gasteiger partial charge on any atom is 0.134 e. The van der Waals surface area contributed by atoms with Crippen LogP contribution in [0.25, 0.3) is 0 Å². The first kappa shape index (κ1) is 14.6. The molecule has 5 nitrogen and oxygen atoms in total. The largest absolute Gasteiger partial charge is 0.371 e. The summed E-state index contributed by atoms with van der Waals surface area (Å²) >= 11 is 0. The molecule has 116 valence electrons. The van der Waals surface area contributed by atoms with Crippen LogP contribution in [0.3, 0.4) is 0 Å². The number of morpholine rings is 1. The number of hydrogen-bond acceptors (Lipinski definition) is 5. The van der Waals surface area contributed by atoms with E-state index in [0.29, 0.717) is 12.2 Å². The summed E-state index contributed by atoms with van der Waals surface area (Å²) in [6.45, 7) is 7.22. The summed E-state index contributed by atoms with van der Waals surface area (Å²) in [6.07, 6.45) is 6.27. The molecule has 2 aliphatic rings. The molecule has 2 aliphatic heterocycles. The maximum absolute atomic E-state index is 5.92. The number of aryl methyl sites for hydroxylation is 1. The third-order valence-electron chi connectivity index (χ3n) is 4.16. The average molecular weight is 290 g/mol. The number of rotatable bonds is 6. The van der Waals surface area contributed by atoms with Gasteiger partial charge in [-0.05, 0) is 25.7 Å². The van der Waals surface area contributed by atoms with E-state index in [2.05, 4.69) is 35.1 Å². The minimum absolute atomic E-state index is 0.389. The Labute approximate surface area is 127 Å². The van der Waals surface area contributed by atoms with Crippen LogP contribution in [-0.4, -0.2) is 41.8 Å². The lowest BCUT2D eigenvalue weighted by atomic mass is 10.2. The predicted octanol–water partition coefficient (Wildman–Crippen LogP) is 2.62. The van der Waals surface area contributed by atoms with E-state index >= 15 is 0 Å². The number of aromatic nitrogens is 2. The highest BCUT2D eigenvalue weighted by Gasteiger charge is 2.34. The smallest absolute Gasteiger partial charge is 0.134 e. The van der Waals surface area contributed by atoms with Gasteiger partial charge in [0.05, 0.1) is 12.2 Å². The van der Waals surface area contributed by atoms with E-state index in [1.165, 1.54) is 12.8 Å². The van der Waals surface area contributed by atoms with Gasteiger partial charge in [0.15, 0.2) is 0 Å². The normalized spacial score (nSPS) is 24.4. The number of hydrogen-bond donors (Lipinski definition) is 1. The topological polar surface area (TPSA) is 50.3 Å². The van der Waals surface area contributed by atoms with Gasteiger partial charge in [0.25, 0.3) is 0 Å². The van der Waals surface area contributed by atoms with Crippen LogP contribution in [0, 0.1) is 0 Å². The zero-order valence-corrected chi connectivity index (χ0v) is 13.1. The van der Waals surface area contributed by atoms with Crippen LogP contribution in [0.1, 0.15) is 45.4 Å². The average Bonchev–Trinajstić information content (AvgIpc) is 2.83. The van der Waals surface area contributed by atoms with Gasteiger partial charge < -0.3 is 15.0 Å². The maximum atomic E-state index is 5.92. The number of ether oxygens (including phenoxy) is 1. The molecule has 2 unspecified atom stereocenters. The van der Waals surface area contributed by atoms with E-state index in [4.69, 9.17) is 9.72 Å². The molecule has 1 aromatic heterocycles. The van der Waals surface area contributed by atoms with Gasteiger partial charge >= 0.3 is 0 Å². The Kier molecular flexibility index (Phi) is 4.58. The quantitative estimate of drug-likeness (QED) is 0.873. The van der Waals surface area contributed by atoms with Crippen molar-refractivity contribution in [1.29, 1.82) is 0 Å². The van der Waals surface area contributed by atoms with E-state index in [-0.39, 0.29) is 0 Å². The van der Waals surface area contributed by atoms with E-state index < -0.39 is 0 Å². The van der Waals surface area contributed by atoms with Gasteiger partial charge in [-0.25, -0.2) is 9.97 Å². The van der Waals surface area contributed by atoms with Crippen molar-refractivity contribution in [3.63, 3.8) is 0 Å². The molecule has 0 aromatic carbocycles. The van der Waals surface area contributed by atoms with Crippen molar-refractivity contribution in [1.82, 2.24) is 9.97 Å². The summed E-state index contributed by atoms with van der Waals surface area (Å²) in [6, 6.07) is 2.10. The molecule has 5 heteroatoms. The lowest BCUT2D eigenvalue weighted by Gasteiger charge is -2.33. The number of nitrogens with one attached hydrogen (secondary N) is 1. The van der Waals surface area contributed by atoms with Crippen molar-refractivity contribution in [2.45, 2.75) is 58.2 Å². The lowest BCUT2D eigenvalue weighted by Crippen LogP contribution is -2.43. The molecule has 2 fully saturated rings. The summed E-state index contributed by atoms with van der Waals surface area (Å²) < 4.78 is 5.92. The number of nitrogens with zero attached hydrogens (tertiary/aromatic N) is 3. The second kappa shape index (κ2) is 6.60. The number of fused-ring (bicyclic) bond motifs is 2. The van der Waals surface area contributed by atoms with Crippen molar-refractivity contribution in [2.75, 3.05) is 29.9 Å². The molecule has 2 bridgehead atoms. The Balaban J connectivity index is 1.80. The standard InChI is InChI=1S/C16H26N4O/c1-3-5-14-18-15(17-8-4-2)9-16(19-14)20-10-12-6-7-13(11-20)21-12/h9,12-13H,3-8,10-11H2,1-2H3,(H,17,18,19). The summed E-state index contributed by atoms with van der Waals surface area (Å²) in [5.41, 5.74) is 0. The van der Waals surface area contributed by atoms with Crippen LogP contribution >= 0.6 is 0 Å². The Morgan fingerprint density at radius 3 is 2.62 bits per heavy atom. The Bertz CT molecular complexity index is 467. The molecule has 1 N–H and O–H groups in total. The second-order valence-corrected chi connectivity index (χ2v) is 6.07. The third-order valence-corrected chi connectivity index (χ3v) is 4.16. The number of anilines is 2. The van der Waals surface area contributed by atoms with E-state index in [1.54, 1.807) is 0 Å². The molecule has 0 amide bonds. The fraction of sp³-hybridized carbons (Fsp3) is 0.750.